The summed E-state index contributed by atoms with van der Waals surface area (Å²) in [6.45, 7) is 0. The lowest BCUT2D eigenvalue weighted by atomic mass is 10.1. The number of nitrogen functional groups attached to an aromatic ring is 1. The maximum Gasteiger partial charge on any atom is 0.336 e. The number of rotatable bonds is 10. The molecule has 202 valence electrons. The van der Waals surface area contributed by atoms with E-state index in [2.05, 4.69) is 0 Å². The Morgan fingerprint density at radius 2 is 0.750 bits per heavy atom. The summed E-state index contributed by atoms with van der Waals surface area (Å²) in [5.74, 6) is -5.02. The lowest BCUT2D eigenvalue weighted by molar-refractivity contribution is 0.0651. The molecule has 0 amide bonds. The molecule has 0 spiro atoms. The normalized spacial score (nSPS) is 10.4. The largest absolute Gasteiger partial charge is 0.478 e. The quantitative estimate of drug-likeness (QED) is 0.158. The Labute approximate surface area is 225 Å². The Bertz CT molecular complexity index is 1550. The van der Waals surface area contributed by atoms with Gasteiger partial charge in [-0.25, -0.2) is 19.2 Å². The van der Waals surface area contributed by atoms with Crippen LogP contribution in [0.1, 0.15) is 41.4 Å². The molecule has 0 atom stereocenters. The zero-order valence-electron chi connectivity index (χ0n) is 20.2. The lowest BCUT2D eigenvalue weighted by Crippen LogP contribution is -2.08. The fourth-order valence-electron chi connectivity index (χ4n) is 3.57. The third-order valence-corrected chi connectivity index (χ3v) is 5.34. The minimum atomic E-state index is -1.47. The molecule has 4 aromatic rings. The summed E-state index contributed by atoms with van der Waals surface area (Å²) in [5, 5.41) is 37.3. The van der Waals surface area contributed by atoms with E-state index in [1.165, 1.54) is 30.3 Å². The molecule has 0 radical (unpaired) electrons. The van der Waals surface area contributed by atoms with Crippen LogP contribution in [-0.2, 0) is 0 Å². The second-order valence-corrected chi connectivity index (χ2v) is 8.15. The molecule has 12 heteroatoms. The first-order chi connectivity index (χ1) is 19.0. The van der Waals surface area contributed by atoms with Crippen LogP contribution in [0.2, 0.25) is 0 Å². The molecule has 0 saturated heterocycles. The van der Waals surface area contributed by atoms with Gasteiger partial charge in [-0.2, -0.15) is 0 Å². The Kier molecular flexibility index (Phi) is 7.53. The Morgan fingerprint density at radius 1 is 0.425 bits per heavy atom. The van der Waals surface area contributed by atoms with Crippen LogP contribution in [0, 0.1) is 0 Å². The van der Waals surface area contributed by atoms with Gasteiger partial charge in [0.2, 0.25) is 0 Å². The molecule has 0 aliphatic rings. The van der Waals surface area contributed by atoms with Gasteiger partial charge < -0.3 is 40.4 Å². The molecule has 4 aromatic carbocycles. The third kappa shape index (κ3) is 6.26. The van der Waals surface area contributed by atoms with Crippen molar-refractivity contribution in [1.29, 1.82) is 0 Å². The molecule has 40 heavy (non-hydrogen) atoms. The summed E-state index contributed by atoms with van der Waals surface area (Å²) < 4.78 is 17.4. The molecular formula is C28H19NO11. The van der Waals surface area contributed by atoms with E-state index in [-0.39, 0.29) is 28.7 Å². The Balaban J connectivity index is 1.73. The molecular weight excluding hydrogens is 526 g/mol. The Morgan fingerprint density at radius 3 is 1.10 bits per heavy atom. The average Bonchev–Trinajstić information content (AvgIpc) is 2.89. The molecule has 0 saturated carbocycles. The first kappa shape index (κ1) is 27.0. The highest BCUT2D eigenvalue weighted by Crippen LogP contribution is 2.36. The molecule has 0 bridgehead atoms. The second kappa shape index (κ2) is 11.1. The van der Waals surface area contributed by atoms with Gasteiger partial charge >= 0.3 is 23.9 Å². The van der Waals surface area contributed by atoms with Crippen LogP contribution in [0.5, 0.6) is 34.5 Å². The predicted molar refractivity (Wildman–Crippen MR) is 138 cm³/mol. The molecule has 0 fully saturated rings. The van der Waals surface area contributed by atoms with Crippen molar-refractivity contribution < 1.29 is 53.8 Å². The highest BCUT2D eigenvalue weighted by Gasteiger charge is 2.19. The monoisotopic (exact) mass is 545 g/mol. The molecule has 6 N–H and O–H groups in total. The zero-order valence-corrected chi connectivity index (χ0v) is 20.2. The first-order valence-corrected chi connectivity index (χ1v) is 11.3. The van der Waals surface area contributed by atoms with E-state index in [0.29, 0.717) is 11.4 Å². The van der Waals surface area contributed by atoms with Gasteiger partial charge in [-0.15, -0.1) is 0 Å². The number of carboxylic acid groups (broad SMARTS) is 4. The van der Waals surface area contributed by atoms with Crippen molar-refractivity contribution >= 4 is 29.6 Å². The summed E-state index contributed by atoms with van der Waals surface area (Å²) in [6.07, 6.45) is 0. The summed E-state index contributed by atoms with van der Waals surface area (Å²) in [4.78, 5) is 45.9. The van der Waals surface area contributed by atoms with Gasteiger partial charge in [0.15, 0.2) is 0 Å². The summed E-state index contributed by atoms with van der Waals surface area (Å²) in [6, 6.07) is 17.5. The van der Waals surface area contributed by atoms with Crippen LogP contribution in [0.4, 0.5) is 5.69 Å². The van der Waals surface area contributed by atoms with Crippen LogP contribution >= 0.6 is 0 Å². The second-order valence-electron chi connectivity index (χ2n) is 8.15. The maximum atomic E-state index is 11.6. The van der Waals surface area contributed by atoms with Crippen LogP contribution in [0.3, 0.4) is 0 Å². The predicted octanol–water partition coefficient (Wildman–Crippen LogP) is 5.44. The van der Waals surface area contributed by atoms with Crippen molar-refractivity contribution in [2.75, 3.05) is 5.73 Å². The van der Waals surface area contributed by atoms with Crippen molar-refractivity contribution in [2.45, 2.75) is 0 Å². The number of hydrogen-bond donors (Lipinski definition) is 5. The number of nitrogens with two attached hydrogens (primary N) is 1. The molecule has 0 aromatic heterocycles. The number of benzene rings is 4. The van der Waals surface area contributed by atoms with Gasteiger partial charge in [-0.3, -0.25) is 0 Å². The van der Waals surface area contributed by atoms with Gasteiger partial charge in [0.1, 0.15) is 34.5 Å². The number of ether oxygens (including phenoxy) is 3. The van der Waals surface area contributed by atoms with Gasteiger partial charge in [-0.05, 0) is 60.7 Å². The fraction of sp³-hybridized carbons (Fsp3) is 0. The summed E-state index contributed by atoms with van der Waals surface area (Å²) >= 11 is 0. The zero-order chi connectivity index (χ0) is 29.0. The minimum Gasteiger partial charge on any atom is -0.478 e. The van der Waals surface area contributed by atoms with Crippen LogP contribution < -0.4 is 19.9 Å². The lowest BCUT2D eigenvalue weighted by Gasteiger charge is -2.14. The number of hydrogen-bond acceptors (Lipinski definition) is 8. The van der Waals surface area contributed by atoms with E-state index in [9.17, 15) is 39.6 Å². The fourth-order valence-corrected chi connectivity index (χ4v) is 3.57. The molecule has 0 aliphatic heterocycles. The summed E-state index contributed by atoms with van der Waals surface area (Å²) in [7, 11) is 0. The standard InChI is InChI=1S/C28H19NO11/c29-14-1-3-15(4-2-14)38-18-9-19(39-16-5-7-21(25(30)31)23(12-16)27(34)35)11-20(10-18)40-17-6-8-22(26(32)33)24(13-17)28(36)37/h1-13H,29H2,(H,30,31)(H,32,33)(H,34,35)(H,36,37). The molecule has 12 nitrogen and oxygen atoms in total. The van der Waals surface area contributed by atoms with Crippen LogP contribution in [0.25, 0.3) is 0 Å². The number of carbonyl (C=O) groups is 4. The van der Waals surface area contributed by atoms with Crippen molar-refractivity contribution in [2.24, 2.45) is 0 Å². The highest BCUT2D eigenvalue weighted by atomic mass is 16.5. The van der Waals surface area contributed by atoms with E-state index in [4.69, 9.17) is 19.9 Å². The highest BCUT2D eigenvalue weighted by molar-refractivity contribution is 6.02. The summed E-state index contributed by atoms with van der Waals surface area (Å²) in [5.41, 5.74) is 4.38. The Hall–Kier alpha value is -6.04. The van der Waals surface area contributed by atoms with Gasteiger partial charge in [0.25, 0.3) is 0 Å². The van der Waals surface area contributed by atoms with Crippen molar-refractivity contribution in [3.05, 3.63) is 101 Å². The van der Waals surface area contributed by atoms with E-state index in [0.717, 1.165) is 24.3 Å². The van der Waals surface area contributed by atoms with Crippen molar-refractivity contribution in [3.63, 3.8) is 0 Å². The van der Waals surface area contributed by atoms with Gasteiger partial charge in [-0.1, -0.05) is 0 Å². The number of anilines is 1. The molecule has 4 rings (SSSR count). The van der Waals surface area contributed by atoms with Crippen LogP contribution in [-0.4, -0.2) is 44.3 Å². The smallest absolute Gasteiger partial charge is 0.336 e. The first-order valence-electron chi connectivity index (χ1n) is 11.3. The van der Waals surface area contributed by atoms with Crippen molar-refractivity contribution in [3.8, 4) is 34.5 Å². The van der Waals surface area contributed by atoms with E-state index in [1.54, 1.807) is 24.3 Å². The number of aromatic carboxylic acids is 4. The minimum absolute atomic E-state index is 0.00282. The van der Waals surface area contributed by atoms with E-state index >= 15 is 0 Å². The topological polar surface area (TPSA) is 203 Å². The van der Waals surface area contributed by atoms with E-state index < -0.39 is 46.1 Å². The number of carboxylic acids is 4. The maximum absolute atomic E-state index is 11.6. The average molecular weight is 545 g/mol. The molecule has 0 unspecified atom stereocenters. The van der Waals surface area contributed by atoms with Gasteiger partial charge in [0.05, 0.1) is 22.3 Å². The SMILES string of the molecule is Nc1ccc(Oc2cc(Oc3ccc(C(=O)O)c(C(=O)O)c3)cc(Oc3ccc(C(=O)O)c(C(=O)O)c3)c2)cc1. The van der Waals surface area contributed by atoms with E-state index in [1.807, 2.05) is 0 Å². The van der Waals surface area contributed by atoms with Crippen LogP contribution in [0.15, 0.2) is 78.9 Å². The molecule has 0 heterocycles. The molecule has 0 aliphatic carbocycles. The van der Waals surface area contributed by atoms with Crippen molar-refractivity contribution in [1.82, 2.24) is 0 Å². The third-order valence-electron chi connectivity index (χ3n) is 5.34. The van der Waals surface area contributed by atoms with Gasteiger partial charge in [0, 0.05) is 23.9 Å².